The summed E-state index contributed by atoms with van der Waals surface area (Å²) >= 11 is 0. The van der Waals surface area contributed by atoms with Gasteiger partial charge in [-0.15, -0.1) is 0 Å². The maximum Gasteiger partial charge on any atom is 0.157 e. The molecular formula is C20H25N5O. The highest BCUT2D eigenvalue weighted by molar-refractivity contribution is 5.66. The van der Waals surface area contributed by atoms with Crippen LogP contribution in [0.5, 0.6) is 0 Å². The number of likely N-dealkylation sites (tertiary alicyclic amines) is 1. The molecule has 1 fully saturated rings. The summed E-state index contributed by atoms with van der Waals surface area (Å²) < 4.78 is 1.84. The van der Waals surface area contributed by atoms with Crippen molar-refractivity contribution in [3.63, 3.8) is 0 Å². The first kappa shape index (κ1) is 17.0. The Hall–Kier alpha value is -2.44. The number of hydrogen-bond donors (Lipinski definition) is 2. The molecule has 0 saturated carbocycles. The number of rotatable bonds is 6. The van der Waals surface area contributed by atoms with Crippen LogP contribution < -0.4 is 5.32 Å². The summed E-state index contributed by atoms with van der Waals surface area (Å²) in [5.74, 6) is 0.956. The number of aliphatic hydroxyl groups is 1. The van der Waals surface area contributed by atoms with E-state index in [1.54, 1.807) is 6.20 Å². The minimum atomic E-state index is -0.158. The number of nitrogens with one attached hydrogen (secondary N) is 1. The van der Waals surface area contributed by atoms with E-state index in [4.69, 9.17) is 4.98 Å². The number of piperidine rings is 1. The molecule has 6 nitrogen and oxygen atoms in total. The second-order valence-electron chi connectivity index (χ2n) is 6.87. The quantitative estimate of drug-likeness (QED) is 0.669. The third-order valence-corrected chi connectivity index (χ3v) is 4.87. The van der Waals surface area contributed by atoms with Crippen LogP contribution in [0.3, 0.4) is 0 Å². The SMILES string of the molecule is OC1CCCN(CCCNc2cc(-c3ccccc3)nc3ccnn23)C1. The molecule has 1 aliphatic heterocycles. The van der Waals surface area contributed by atoms with E-state index >= 15 is 0 Å². The molecule has 26 heavy (non-hydrogen) atoms. The molecule has 1 aliphatic rings. The van der Waals surface area contributed by atoms with E-state index < -0.39 is 0 Å². The average molecular weight is 351 g/mol. The minimum Gasteiger partial charge on any atom is -0.392 e. The number of β-amino-alcohol motifs (C(OH)–C–C–N with tert-alkyl or cyclic N) is 1. The van der Waals surface area contributed by atoms with Crippen molar-refractivity contribution >= 4 is 11.5 Å². The molecule has 136 valence electrons. The van der Waals surface area contributed by atoms with Crippen molar-refractivity contribution in [2.24, 2.45) is 0 Å². The molecule has 1 aromatic carbocycles. The van der Waals surface area contributed by atoms with Crippen LogP contribution >= 0.6 is 0 Å². The summed E-state index contributed by atoms with van der Waals surface area (Å²) in [7, 11) is 0. The smallest absolute Gasteiger partial charge is 0.157 e. The predicted molar refractivity (Wildman–Crippen MR) is 103 cm³/mol. The van der Waals surface area contributed by atoms with Crippen molar-refractivity contribution in [2.75, 3.05) is 31.5 Å². The zero-order valence-electron chi connectivity index (χ0n) is 14.9. The second kappa shape index (κ2) is 7.85. The van der Waals surface area contributed by atoms with Gasteiger partial charge < -0.3 is 15.3 Å². The van der Waals surface area contributed by atoms with Gasteiger partial charge in [-0.05, 0) is 32.4 Å². The van der Waals surface area contributed by atoms with Gasteiger partial charge in [-0.25, -0.2) is 4.98 Å². The Morgan fingerprint density at radius 1 is 1.19 bits per heavy atom. The largest absolute Gasteiger partial charge is 0.392 e. The topological polar surface area (TPSA) is 65.7 Å². The molecule has 0 spiro atoms. The molecule has 0 radical (unpaired) electrons. The number of hydrogen-bond acceptors (Lipinski definition) is 5. The first-order valence-electron chi connectivity index (χ1n) is 9.34. The van der Waals surface area contributed by atoms with E-state index in [-0.39, 0.29) is 6.10 Å². The van der Waals surface area contributed by atoms with Gasteiger partial charge in [-0.1, -0.05) is 30.3 Å². The van der Waals surface area contributed by atoms with Crippen LogP contribution in [0, 0.1) is 0 Å². The molecule has 6 heteroatoms. The molecule has 3 heterocycles. The summed E-state index contributed by atoms with van der Waals surface area (Å²) in [5.41, 5.74) is 2.88. The normalized spacial score (nSPS) is 18.3. The van der Waals surface area contributed by atoms with Gasteiger partial charge in [0.05, 0.1) is 18.0 Å². The van der Waals surface area contributed by atoms with Crippen LogP contribution in [-0.4, -0.2) is 56.9 Å². The molecule has 2 aromatic heterocycles. The van der Waals surface area contributed by atoms with Crippen molar-refractivity contribution in [1.82, 2.24) is 19.5 Å². The van der Waals surface area contributed by atoms with E-state index in [9.17, 15) is 5.11 Å². The second-order valence-corrected chi connectivity index (χ2v) is 6.87. The Morgan fingerprint density at radius 3 is 2.92 bits per heavy atom. The Balaban J connectivity index is 1.43. The minimum absolute atomic E-state index is 0.158. The monoisotopic (exact) mass is 351 g/mol. The summed E-state index contributed by atoms with van der Waals surface area (Å²) in [5, 5.41) is 17.7. The first-order valence-corrected chi connectivity index (χ1v) is 9.34. The highest BCUT2D eigenvalue weighted by atomic mass is 16.3. The highest BCUT2D eigenvalue weighted by Gasteiger charge is 2.16. The average Bonchev–Trinajstić information content (AvgIpc) is 3.15. The molecule has 1 saturated heterocycles. The van der Waals surface area contributed by atoms with Crippen LogP contribution in [0.25, 0.3) is 16.9 Å². The molecule has 1 atom stereocenters. The van der Waals surface area contributed by atoms with Crippen LogP contribution in [0.15, 0.2) is 48.7 Å². The van der Waals surface area contributed by atoms with Gasteiger partial charge in [0.1, 0.15) is 5.82 Å². The lowest BCUT2D eigenvalue weighted by Gasteiger charge is -2.29. The summed E-state index contributed by atoms with van der Waals surface area (Å²) in [6, 6.07) is 14.2. The standard InChI is InChI=1S/C20H25N5O/c26-17-8-4-12-24(15-17)13-5-10-21-20-14-18(16-6-2-1-3-7-16)23-19-9-11-22-25(19)20/h1-3,6-7,9,11,14,17,21,26H,4-5,8,10,12-13,15H2. The Kier molecular flexibility index (Phi) is 5.13. The van der Waals surface area contributed by atoms with Crippen LogP contribution in [0.1, 0.15) is 19.3 Å². The molecule has 1 unspecified atom stereocenters. The van der Waals surface area contributed by atoms with Gasteiger partial charge in [0.15, 0.2) is 5.65 Å². The highest BCUT2D eigenvalue weighted by Crippen LogP contribution is 2.22. The fourth-order valence-electron chi connectivity index (χ4n) is 3.55. The van der Waals surface area contributed by atoms with Crippen molar-refractivity contribution in [3.05, 3.63) is 48.7 Å². The predicted octanol–water partition coefficient (Wildman–Crippen LogP) is 2.66. The van der Waals surface area contributed by atoms with Gasteiger partial charge >= 0.3 is 0 Å². The lowest BCUT2D eigenvalue weighted by molar-refractivity contribution is 0.0706. The van der Waals surface area contributed by atoms with E-state index in [1.165, 1.54) is 0 Å². The number of nitrogens with zero attached hydrogens (tertiary/aromatic N) is 4. The number of aromatic nitrogens is 3. The van der Waals surface area contributed by atoms with Crippen LogP contribution in [0.2, 0.25) is 0 Å². The van der Waals surface area contributed by atoms with Gasteiger partial charge in [0, 0.05) is 30.8 Å². The van der Waals surface area contributed by atoms with E-state index in [0.29, 0.717) is 0 Å². The number of fused-ring (bicyclic) bond motifs is 1. The van der Waals surface area contributed by atoms with Crippen LogP contribution in [0.4, 0.5) is 5.82 Å². The fourth-order valence-corrected chi connectivity index (χ4v) is 3.55. The van der Waals surface area contributed by atoms with Crippen molar-refractivity contribution in [1.29, 1.82) is 0 Å². The molecule has 4 rings (SSSR count). The molecule has 0 amide bonds. The van der Waals surface area contributed by atoms with Crippen molar-refractivity contribution in [3.8, 4) is 11.3 Å². The van der Waals surface area contributed by atoms with Crippen molar-refractivity contribution in [2.45, 2.75) is 25.4 Å². The molecule has 2 N–H and O–H groups in total. The lowest BCUT2D eigenvalue weighted by atomic mass is 10.1. The van der Waals surface area contributed by atoms with E-state index in [1.807, 2.05) is 28.8 Å². The zero-order chi connectivity index (χ0) is 17.8. The van der Waals surface area contributed by atoms with Gasteiger partial charge in [0.2, 0.25) is 0 Å². The molecule has 0 bridgehead atoms. The molecule has 0 aliphatic carbocycles. The van der Waals surface area contributed by atoms with Crippen molar-refractivity contribution < 1.29 is 5.11 Å². The van der Waals surface area contributed by atoms with E-state index in [2.05, 4.69) is 33.5 Å². The molecule has 3 aromatic rings. The van der Waals surface area contributed by atoms with Gasteiger partial charge in [-0.3, -0.25) is 0 Å². The summed E-state index contributed by atoms with van der Waals surface area (Å²) in [6.07, 6.45) is 4.67. The Labute approximate surface area is 153 Å². The Bertz CT molecular complexity index is 848. The number of benzene rings is 1. The Morgan fingerprint density at radius 2 is 2.08 bits per heavy atom. The third kappa shape index (κ3) is 3.86. The van der Waals surface area contributed by atoms with Crippen LogP contribution in [-0.2, 0) is 0 Å². The maximum absolute atomic E-state index is 9.77. The molecular weight excluding hydrogens is 326 g/mol. The number of aliphatic hydroxyl groups excluding tert-OH is 1. The zero-order valence-corrected chi connectivity index (χ0v) is 14.9. The first-order chi connectivity index (χ1) is 12.8. The number of anilines is 1. The maximum atomic E-state index is 9.77. The fraction of sp³-hybridized carbons (Fsp3) is 0.400. The third-order valence-electron chi connectivity index (χ3n) is 4.87. The lowest BCUT2D eigenvalue weighted by Crippen LogP contribution is -2.39. The van der Waals surface area contributed by atoms with E-state index in [0.717, 1.165) is 68.2 Å². The summed E-state index contributed by atoms with van der Waals surface area (Å²) in [4.78, 5) is 7.05. The van der Waals surface area contributed by atoms with Gasteiger partial charge in [0.25, 0.3) is 0 Å². The summed E-state index contributed by atoms with van der Waals surface area (Å²) in [6.45, 7) is 3.76. The van der Waals surface area contributed by atoms with Gasteiger partial charge in [-0.2, -0.15) is 9.61 Å².